The molecule has 0 atom stereocenters. The fourth-order valence-corrected chi connectivity index (χ4v) is 1.66. The maximum absolute atomic E-state index is 12.0. The topological polar surface area (TPSA) is 110 Å². The number of carbonyl (C=O) groups is 1. The van der Waals surface area contributed by atoms with Crippen molar-refractivity contribution in [3.8, 4) is 11.8 Å². The van der Waals surface area contributed by atoms with Crippen LogP contribution in [0.3, 0.4) is 0 Å². The first-order valence-corrected chi connectivity index (χ1v) is 6.00. The number of amides is 1. The molecule has 7 heteroatoms. The summed E-state index contributed by atoms with van der Waals surface area (Å²) < 4.78 is 0. The second kappa shape index (κ2) is 6.45. The summed E-state index contributed by atoms with van der Waals surface area (Å²) >= 11 is 0. The highest BCUT2D eigenvalue weighted by atomic mass is 16.1. The van der Waals surface area contributed by atoms with E-state index in [-0.39, 0.29) is 19.0 Å². The summed E-state index contributed by atoms with van der Waals surface area (Å²) in [5.74, 6) is 5.89. The Kier molecular flexibility index (Phi) is 4.42. The monoisotopic (exact) mass is 270 g/mol. The summed E-state index contributed by atoms with van der Waals surface area (Å²) in [5.41, 5.74) is 7.60. The van der Waals surface area contributed by atoms with Crippen LogP contribution < -0.4 is 11.1 Å². The van der Waals surface area contributed by atoms with E-state index in [1.165, 1.54) is 0 Å². The van der Waals surface area contributed by atoms with Gasteiger partial charge in [-0.25, -0.2) is 0 Å². The number of hydrogen-bond acceptors (Lipinski definition) is 5. The summed E-state index contributed by atoms with van der Waals surface area (Å²) in [7, 11) is 0. The Balaban J connectivity index is 2.10. The van der Waals surface area contributed by atoms with E-state index in [4.69, 9.17) is 5.73 Å². The van der Waals surface area contributed by atoms with E-state index in [0.29, 0.717) is 11.4 Å². The third kappa shape index (κ3) is 3.63. The number of H-pyrrole nitrogens is 1. The summed E-state index contributed by atoms with van der Waals surface area (Å²) in [6, 6.07) is 5.42. The summed E-state index contributed by atoms with van der Waals surface area (Å²) in [6.07, 6.45) is 0. The quantitative estimate of drug-likeness (QED) is 0.666. The standard InChI is InChI=1S/C13H14N6O/c1-9-5-10(3-2-4-14)7-11(6-9)13(20)15-8-12-16-18-19-17-12/h5-7H,4,8,14H2,1H3,(H,15,20)(H,16,17,18,19). The maximum Gasteiger partial charge on any atom is 0.251 e. The van der Waals surface area contributed by atoms with Crippen LogP contribution in [0.15, 0.2) is 18.2 Å². The number of tetrazole rings is 1. The molecule has 1 aromatic carbocycles. The van der Waals surface area contributed by atoms with Gasteiger partial charge in [0.15, 0.2) is 5.82 Å². The Labute approximate surface area is 116 Å². The molecule has 1 aromatic heterocycles. The molecule has 0 saturated carbocycles. The van der Waals surface area contributed by atoms with Gasteiger partial charge in [-0.05, 0) is 30.7 Å². The molecular weight excluding hydrogens is 256 g/mol. The molecule has 0 aliphatic heterocycles. The second-order valence-electron chi connectivity index (χ2n) is 4.10. The fourth-order valence-electron chi connectivity index (χ4n) is 1.66. The van der Waals surface area contributed by atoms with Gasteiger partial charge in [-0.3, -0.25) is 4.79 Å². The van der Waals surface area contributed by atoms with Gasteiger partial charge in [0.05, 0.1) is 13.1 Å². The summed E-state index contributed by atoms with van der Waals surface area (Å²) in [4.78, 5) is 12.0. The van der Waals surface area contributed by atoms with Crippen LogP contribution in [0.4, 0.5) is 0 Å². The lowest BCUT2D eigenvalue weighted by Crippen LogP contribution is -2.23. The number of nitrogens with zero attached hydrogens (tertiary/aromatic N) is 3. The van der Waals surface area contributed by atoms with E-state index in [1.54, 1.807) is 12.1 Å². The molecule has 0 aliphatic rings. The van der Waals surface area contributed by atoms with Crippen LogP contribution in [0.5, 0.6) is 0 Å². The first kappa shape index (κ1) is 13.7. The van der Waals surface area contributed by atoms with Gasteiger partial charge < -0.3 is 11.1 Å². The minimum atomic E-state index is -0.214. The molecule has 4 N–H and O–H groups in total. The molecule has 0 aliphatic carbocycles. The molecule has 7 nitrogen and oxygen atoms in total. The highest BCUT2D eigenvalue weighted by Gasteiger charge is 2.08. The van der Waals surface area contributed by atoms with Crippen LogP contribution in [0.25, 0.3) is 0 Å². The predicted molar refractivity (Wildman–Crippen MR) is 72.5 cm³/mol. The van der Waals surface area contributed by atoms with Crippen LogP contribution in [0.1, 0.15) is 27.3 Å². The van der Waals surface area contributed by atoms with Crippen LogP contribution in [0.2, 0.25) is 0 Å². The Morgan fingerprint density at radius 3 is 3.00 bits per heavy atom. The molecule has 0 saturated heterocycles. The van der Waals surface area contributed by atoms with Gasteiger partial charge in [-0.15, -0.1) is 10.2 Å². The van der Waals surface area contributed by atoms with Crippen molar-refractivity contribution in [1.82, 2.24) is 25.9 Å². The Morgan fingerprint density at radius 2 is 2.30 bits per heavy atom. The zero-order valence-corrected chi connectivity index (χ0v) is 11.0. The predicted octanol–water partition coefficient (Wildman–Crippen LogP) is -0.252. The minimum Gasteiger partial charge on any atom is -0.345 e. The zero-order valence-electron chi connectivity index (χ0n) is 11.0. The third-order valence-corrected chi connectivity index (χ3v) is 2.47. The van der Waals surface area contributed by atoms with Crippen molar-refractivity contribution in [3.63, 3.8) is 0 Å². The zero-order chi connectivity index (χ0) is 14.4. The largest absolute Gasteiger partial charge is 0.345 e. The molecule has 1 heterocycles. The van der Waals surface area contributed by atoms with Gasteiger partial charge in [0.1, 0.15) is 0 Å². The Bertz CT molecular complexity index is 653. The normalized spacial score (nSPS) is 9.70. The van der Waals surface area contributed by atoms with Gasteiger partial charge >= 0.3 is 0 Å². The third-order valence-electron chi connectivity index (χ3n) is 2.47. The number of aromatic nitrogens is 4. The average molecular weight is 270 g/mol. The van der Waals surface area contributed by atoms with Crippen LogP contribution >= 0.6 is 0 Å². The van der Waals surface area contributed by atoms with Crippen molar-refractivity contribution in [3.05, 3.63) is 40.7 Å². The van der Waals surface area contributed by atoms with E-state index < -0.39 is 0 Å². The van der Waals surface area contributed by atoms with Crippen molar-refractivity contribution in [1.29, 1.82) is 0 Å². The van der Waals surface area contributed by atoms with Crippen LogP contribution in [0, 0.1) is 18.8 Å². The highest BCUT2D eigenvalue weighted by Crippen LogP contribution is 2.09. The lowest BCUT2D eigenvalue weighted by atomic mass is 10.1. The lowest BCUT2D eigenvalue weighted by Gasteiger charge is -2.05. The summed E-state index contributed by atoms with van der Waals surface area (Å²) in [6.45, 7) is 2.41. The molecule has 0 fully saturated rings. The Morgan fingerprint density at radius 1 is 1.45 bits per heavy atom. The van der Waals surface area contributed by atoms with Crippen molar-refractivity contribution < 1.29 is 4.79 Å². The number of benzene rings is 1. The number of aryl methyl sites for hydroxylation is 1. The minimum absolute atomic E-state index is 0.214. The lowest BCUT2D eigenvalue weighted by molar-refractivity contribution is 0.0950. The maximum atomic E-state index is 12.0. The SMILES string of the molecule is Cc1cc(C#CCN)cc(C(=O)NCc2nn[nH]n2)c1. The molecule has 0 bridgehead atoms. The van der Waals surface area contributed by atoms with E-state index in [9.17, 15) is 4.79 Å². The smallest absolute Gasteiger partial charge is 0.251 e. The molecule has 2 rings (SSSR count). The molecule has 0 unspecified atom stereocenters. The van der Waals surface area contributed by atoms with E-state index >= 15 is 0 Å². The van der Waals surface area contributed by atoms with Crippen LogP contribution in [-0.4, -0.2) is 33.1 Å². The molecule has 2 aromatic rings. The van der Waals surface area contributed by atoms with Gasteiger partial charge in [0, 0.05) is 11.1 Å². The van der Waals surface area contributed by atoms with Gasteiger partial charge in [0.2, 0.25) is 0 Å². The molecular formula is C13H14N6O. The number of nitrogens with one attached hydrogen (secondary N) is 2. The van der Waals surface area contributed by atoms with Crippen molar-refractivity contribution in [2.75, 3.05) is 6.54 Å². The molecule has 102 valence electrons. The highest BCUT2D eigenvalue weighted by molar-refractivity contribution is 5.94. The molecule has 20 heavy (non-hydrogen) atoms. The average Bonchev–Trinajstić information content (AvgIpc) is 2.95. The number of rotatable bonds is 3. The molecule has 0 spiro atoms. The van der Waals surface area contributed by atoms with E-state index in [0.717, 1.165) is 11.1 Å². The number of aromatic amines is 1. The van der Waals surface area contributed by atoms with Gasteiger partial charge in [-0.1, -0.05) is 17.1 Å². The number of nitrogens with two attached hydrogens (primary N) is 1. The van der Waals surface area contributed by atoms with E-state index in [1.807, 2.05) is 13.0 Å². The second-order valence-corrected chi connectivity index (χ2v) is 4.10. The molecule has 0 radical (unpaired) electrons. The molecule has 1 amide bonds. The number of carbonyl (C=O) groups excluding carboxylic acids is 1. The van der Waals surface area contributed by atoms with Gasteiger partial charge in [-0.2, -0.15) is 5.21 Å². The first-order valence-electron chi connectivity index (χ1n) is 6.00. The van der Waals surface area contributed by atoms with Crippen LogP contribution in [-0.2, 0) is 6.54 Å². The van der Waals surface area contributed by atoms with Crippen molar-refractivity contribution >= 4 is 5.91 Å². The van der Waals surface area contributed by atoms with Gasteiger partial charge in [0.25, 0.3) is 5.91 Å². The van der Waals surface area contributed by atoms with E-state index in [2.05, 4.69) is 37.8 Å². The summed E-state index contributed by atoms with van der Waals surface area (Å²) in [5, 5.41) is 16.0. The first-order chi connectivity index (χ1) is 9.69. The Hall–Kier alpha value is -2.72. The fraction of sp³-hybridized carbons (Fsp3) is 0.231. The van der Waals surface area contributed by atoms with Crippen molar-refractivity contribution in [2.45, 2.75) is 13.5 Å². The van der Waals surface area contributed by atoms with Crippen molar-refractivity contribution in [2.24, 2.45) is 5.73 Å². The number of hydrogen-bond donors (Lipinski definition) is 3.